The van der Waals surface area contributed by atoms with Gasteiger partial charge in [0.1, 0.15) is 17.1 Å². The monoisotopic (exact) mass is 334 g/mol. The first-order chi connectivity index (χ1) is 9.51. The van der Waals surface area contributed by atoms with Gasteiger partial charge in [0.25, 0.3) is 0 Å². The lowest BCUT2D eigenvalue weighted by Crippen LogP contribution is -1.99. The third kappa shape index (κ3) is 3.00. The molecule has 0 bridgehead atoms. The third-order valence-electron chi connectivity index (χ3n) is 2.75. The largest absolute Gasteiger partial charge is 0.478 e. The van der Waals surface area contributed by atoms with Crippen LogP contribution in [-0.2, 0) is 6.54 Å². The zero-order valence-electron chi connectivity index (χ0n) is 10.6. The third-order valence-corrected chi connectivity index (χ3v) is 3.41. The molecule has 1 aromatic heterocycles. The Bertz CT molecular complexity index is 701. The summed E-state index contributed by atoms with van der Waals surface area (Å²) in [6.07, 6.45) is 0. The molecule has 1 heterocycles. The molecule has 0 atom stereocenters. The van der Waals surface area contributed by atoms with Crippen molar-refractivity contribution in [3.8, 4) is 6.07 Å². The number of furan rings is 1. The lowest BCUT2D eigenvalue weighted by Gasteiger charge is -2.06. The van der Waals surface area contributed by atoms with Gasteiger partial charge in [-0.25, -0.2) is 4.79 Å². The molecular weight excluding hydrogens is 324 g/mol. The number of nitrogens with one attached hydrogen (secondary N) is 1. The molecule has 0 fully saturated rings. The zero-order valence-corrected chi connectivity index (χ0v) is 12.2. The normalized spacial score (nSPS) is 10.1. The topological polar surface area (TPSA) is 86.3 Å². The van der Waals surface area contributed by atoms with Crippen molar-refractivity contribution in [2.45, 2.75) is 13.5 Å². The summed E-state index contributed by atoms with van der Waals surface area (Å²) in [4.78, 5) is 10.9. The van der Waals surface area contributed by atoms with Crippen LogP contribution >= 0.6 is 15.9 Å². The minimum absolute atomic E-state index is 0.167. The number of carboxylic acids is 1. The maximum atomic E-state index is 10.9. The smallest absolute Gasteiger partial charge is 0.339 e. The highest BCUT2D eigenvalue weighted by atomic mass is 79.9. The number of hydrogen-bond donors (Lipinski definition) is 2. The van der Waals surface area contributed by atoms with Crippen LogP contribution in [0.2, 0.25) is 0 Å². The highest BCUT2D eigenvalue weighted by Gasteiger charge is 2.13. The Labute approximate surface area is 124 Å². The van der Waals surface area contributed by atoms with Gasteiger partial charge in [0.15, 0.2) is 0 Å². The van der Waals surface area contributed by atoms with Crippen molar-refractivity contribution in [1.29, 1.82) is 5.26 Å². The van der Waals surface area contributed by atoms with Crippen LogP contribution in [0.15, 0.2) is 33.2 Å². The Hall–Kier alpha value is -2.26. The molecule has 2 aromatic rings. The summed E-state index contributed by atoms with van der Waals surface area (Å²) in [6, 6.07) is 8.73. The van der Waals surface area contributed by atoms with Gasteiger partial charge in [-0.1, -0.05) is 0 Å². The molecular formula is C14H11BrN2O3. The van der Waals surface area contributed by atoms with E-state index in [2.05, 4.69) is 27.3 Å². The number of rotatable bonds is 4. The fraction of sp³-hybridized carbons (Fsp3) is 0.143. The lowest BCUT2D eigenvalue weighted by molar-refractivity contribution is 0.0695. The van der Waals surface area contributed by atoms with Crippen LogP contribution in [0.1, 0.15) is 27.4 Å². The molecule has 0 aliphatic heterocycles. The molecule has 0 saturated carbocycles. The van der Waals surface area contributed by atoms with E-state index < -0.39 is 5.97 Å². The molecule has 0 aliphatic carbocycles. The van der Waals surface area contributed by atoms with Crippen molar-refractivity contribution in [2.24, 2.45) is 0 Å². The van der Waals surface area contributed by atoms with Gasteiger partial charge in [0.2, 0.25) is 0 Å². The molecule has 20 heavy (non-hydrogen) atoms. The number of halogens is 1. The Morgan fingerprint density at radius 1 is 1.50 bits per heavy atom. The lowest BCUT2D eigenvalue weighted by atomic mass is 10.2. The second-order valence-corrected chi connectivity index (χ2v) is 5.00. The number of carboxylic acid groups (broad SMARTS) is 1. The quantitative estimate of drug-likeness (QED) is 0.893. The molecule has 0 aliphatic rings. The van der Waals surface area contributed by atoms with Gasteiger partial charge in [-0.3, -0.25) is 0 Å². The van der Waals surface area contributed by atoms with E-state index in [9.17, 15) is 4.79 Å². The van der Waals surface area contributed by atoms with Crippen molar-refractivity contribution in [2.75, 3.05) is 5.32 Å². The Kier molecular flexibility index (Phi) is 4.11. The van der Waals surface area contributed by atoms with Crippen LogP contribution in [-0.4, -0.2) is 11.1 Å². The molecule has 0 spiro atoms. The summed E-state index contributed by atoms with van der Waals surface area (Å²) in [7, 11) is 0. The predicted molar refractivity (Wildman–Crippen MR) is 76.6 cm³/mol. The Morgan fingerprint density at radius 3 is 2.80 bits per heavy atom. The van der Waals surface area contributed by atoms with Crippen molar-refractivity contribution in [3.63, 3.8) is 0 Å². The highest BCUT2D eigenvalue weighted by Crippen LogP contribution is 2.24. The van der Waals surface area contributed by atoms with Gasteiger partial charge in [-0.05, 0) is 47.1 Å². The van der Waals surface area contributed by atoms with Crippen molar-refractivity contribution >= 4 is 27.6 Å². The fourth-order valence-corrected chi connectivity index (χ4v) is 2.27. The molecule has 2 N–H and O–H groups in total. The summed E-state index contributed by atoms with van der Waals surface area (Å²) in [5, 5.41) is 20.8. The first-order valence-corrected chi connectivity index (χ1v) is 6.56. The second kappa shape index (κ2) is 5.80. The maximum absolute atomic E-state index is 10.9. The van der Waals surface area contributed by atoms with Crippen LogP contribution in [0.3, 0.4) is 0 Å². The van der Waals surface area contributed by atoms with Gasteiger partial charge in [0.05, 0.1) is 18.2 Å². The molecule has 0 unspecified atom stereocenters. The van der Waals surface area contributed by atoms with Crippen molar-refractivity contribution in [3.05, 3.63) is 51.4 Å². The summed E-state index contributed by atoms with van der Waals surface area (Å²) in [6.45, 7) is 1.98. The fourth-order valence-electron chi connectivity index (χ4n) is 1.75. The molecule has 0 radical (unpaired) electrons. The summed E-state index contributed by atoms with van der Waals surface area (Å²) in [5.41, 5.74) is 1.53. The van der Waals surface area contributed by atoms with E-state index in [4.69, 9.17) is 14.8 Å². The number of benzene rings is 1. The van der Waals surface area contributed by atoms with Gasteiger partial charge >= 0.3 is 5.97 Å². The van der Waals surface area contributed by atoms with Crippen LogP contribution < -0.4 is 5.32 Å². The second-order valence-electron chi connectivity index (χ2n) is 4.15. The Morgan fingerprint density at radius 2 is 2.25 bits per heavy atom. The minimum atomic E-state index is -1.00. The summed E-state index contributed by atoms with van der Waals surface area (Å²) < 4.78 is 6.13. The predicted octanol–water partition coefficient (Wildman–Crippen LogP) is 3.53. The number of hydrogen-bond acceptors (Lipinski definition) is 4. The number of aryl methyl sites for hydroxylation is 1. The Balaban J connectivity index is 2.11. The van der Waals surface area contributed by atoms with E-state index in [1.54, 1.807) is 25.1 Å². The van der Waals surface area contributed by atoms with Crippen LogP contribution in [0.25, 0.3) is 0 Å². The van der Waals surface area contributed by atoms with Gasteiger partial charge in [0, 0.05) is 10.2 Å². The van der Waals surface area contributed by atoms with Crippen LogP contribution in [0, 0.1) is 18.3 Å². The average molecular weight is 335 g/mol. The molecule has 5 nitrogen and oxygen atoms in total. The highest BCUT2D eigenvalue weighted by molar-refractivity contribution is 9.10. The van der Waals surface area contributed by atoms with Crippen molar-refractivity contribution < 1.29 is 14.3 Å². The van der Waals surface area contributed by atoms with E-state index in [1.807, 2.05) is 0 Å². The van der Waals surface area contributed by atoms with E-state index in [0.29, 0.717) is 23.6 Å². The van der Waals surface area contributed by atoms with E-state index in [0.717, 1.165) is 10.2 Å². The minimum Gasteiger partial charge on any atom is -0.478 e. The summed E-state index contributed by atoms with van der Waals surface area (Å²) >= 11 is 3.37. The van der Waals surface area contributed by atoms with Gasteiger partial charge in [-0.15, -0.1) is 0 Å². The van der Waals surface area contributed by atoms with E-state index >= 15 is 0 Å². The SMILES string of the molecule is Cc1oc(CNc2ccc(C#N)cc2Br)cc1C(=O)O. The van der Waals surface area contributed by atoms with Crippen LogP contribution in [0.4, 0.5) is 5.69 Å². The van der Waals surface area contributed by atoms with Crippen molar-refractivity contribution in [1.82, 2.24) is 0 Å². The van der Waals surface area contributed by atoms with E-state index in [1.165, 1.54) is 6.07 Å². The molecule has 2 rings (SSSR count). The molecule has 102 valence electrons. The van der Waals surface area contributed by atoms with Crippen LogP contribution in [0.5, 0.6) is 0 Å². The number of aromatic carboxylic acids is 1. The average Bonchev–Trinajstić information content (AvgIpc) is 2.78. The van der Waals surface area contributed by atoms with E-state index in [-0.39, 0.29) is 5.56 Å². The molecule has 1 aromatic carbocycles. The summed E-state index contributed by atoms with van der Waals surface area (Å²) in [5.74, 6) is -0.0820. The number of anilines is 1. The molecule has 6 heteroatoms. The standard InChI is InChI=1S/C14H11BrN2O3/c1-8-11(14(18)19)5-10(20-8)7-17-13-3-2-9(6-16)4-12(13)15/h2-5,17H,7H2,1H3,(H,18,19). The first-order valence-electron chi connectivity index (χ1n) is 5.77. The molecule has 0 saturated heterocycles. The van der Waals surface area contributed by atoms with Gasteiger partial charge < -0.3 is 14.8 Å². The molecule has 0 amide bonds. The first kappa shape index (κ1) is 14.2. The number of nitriles is 1. The number of carbonyl (C=O) groups is 1. The van der Waals surface area contributed by atoms with Gasteiger partial charge in [-0.2, -0.15) is 5.26 Å². The number of nitrogens with zero attached hydrogens (tertiary/aromatic N) is 1. The maximum Gasteiger partial charge on any atom is 0.339 e. The zero-order chi connectivity index (χ0) is 14.7.